The summed E-state index contributed by atoms with van der Waals surface area (Å²) in [5.74, 6) is 0.707. The van der Waals surface area contributed by atoms with E-state index in [1.54, 1.807) is 18.3 Å². The summed E-state index contributed by atoms with van der Waals surface area (Å²) in [5, 5.41) is 18.8. The fourth-order valence-electron chi connectivity index (χ4n) is 1.83. The first-order valence-corrected chi connectivity index (χ1v) is 8.84. The van der Waals surface area contributed by atoms with E-state index >= 15 is 0 Å². The second-order valence-corrected chi connectivity index (χ2v) is 6.29. The van der Waals surface area contributed by atoms with Crippen LogP contribution in [0.1, 0.15) is 38.5 Å². The summed E-state index contributed by atoms with van der Waals surface area (Å²) in [6.45, 7) is 9.23. The summed E-state index contributed by atoms with van der Waals surface area (Å²) in [5.41, 5.74) is -0.936. The molecule has 1 heterocycles. The number of thiophene rings is 1. The number of unbranched alkanes of at least 4 members (excludes halogenated alkanes) is 1. The van der Waals surface area contributed by atoms with E-state index in [1.165, 1.54) is 0 Å². The lowest BCUT2D eigenvalue weighted by Gasteiger charge is -2.20. The van der Waals surface area contributed by atoms with E-state index in [0.29, 0.717) is 25.7 Å². The minimum absolute atomic E-state index is 0. The van der Waals surface area contributed by atoms with Crippen molar-refractivity contribution in [2.45, 2.75) is 39.2 Å². The fraction of sp³-hybridized carbons (Fsp3) is 0.688. The summed E-state index contributed by atoms with van der Waals surface area (Å²) in [6, 6.07) is 3.87. The number of halogens is 1. The molecule has 0 aromatic carbocycles. The number of rotatable bonds is 10. The molecule has 7 heteroatoms. The minimum Gasteiger partial charge on any atom is -0.383 e. The molecular weight excluding hydrogens is 425 g/mol. The van der Waals surface area contributed by atoms with E-state index in [9.17, 15) is 5.11 Å². The summed E-state index contributed by atoms with van der Waals surface area (Å²) in [6.07, 6.45) is 2.24. The van der Waals surface area contributed by atoms with Crippen molar-refractivity contribution >= 4 is 41.3 Å². The van der Waals surface area contributed by atoms with Gasteiger partial charge < -0.3 is 20.5 Å². The van der Waals surface area contributed by atoms with Crippen molar-refractivity contribution < 1.29 is 9.84 Å². The number of hydrogen-bond acceptors (Lipinski definition) is 4. The molecule has 0 aliphatic heterocycles. The van der Waals surface area contributed by atoms with E-state index in [2.05, 4.69) is 22.5 Å². The molecule has 0 saturated carbocycles. The number of nitrogens with zero attached hydrogens (tertiary/aromatic N) is 1. The molecule has 0 fully saturated rings. The standard InChI is InChI=1S/C16H29N3O2S.HI/c1-4-6-10-21-11-9-18-15(17-5-2)19-13-16(3,20)14-8-7-12-22-14;/h7-8,12,20H,4-6,9-11,13H2,1-3H3,(H2,17,18,19);1H. The van der Waals surface area contributed by atoms with Crippen LogP contribution in [0.5, 0.6) is 0 Å². The molecule has 134 valence electrons. The van der Waals surface area contributed by atoms with Crippen molar-refractivity contribution in [2.75, 3.05) is 32.8 Å². The van der Waals surface area contributed by atoms with Gasteiger partial charge in [0.2, 0.25) is 0 Å². The van der Waals surface area contributed by atoms with Gasteiger partial charge in [-0.3, -0.25) is 0 Å². The zero-order chi connectivity index (χ0) is 16.3. The summed E-state index contributed by atoms with van der Waals surface area (Å²) < 4.78 is 5.51. The molecule has 0 aliphatic carbocycles. The van der Waals surface area contributed by atoms with Crippen LogP contribution in [0.15, 0.2) is 22.5 Å². The van der Waals surface area contributed by atoms with Crippen LogP contribution >= 0.6 is 35.3 Å². The smallest absolute Gasteiger partial charge is 0.191 e. The Kier molecular flexibility index (Phi) is 12.8. The van der Waals surface area contributed by atoms with E-state index < -0.39 is 5.60 Å². The number of ether oxygens (including phenoxy) is 1. The fourth-order valence-corrected chi connectivity index (χ4v) is 2.61. The highest BCUT2D eigenvalue weighted by Gasteiger charge is 2.23. The predicted molar refractivity (Wildman–Crippen MR) is 109 cm³/mol. The number of aliphatic imine (C=N–C) groups is 1. The van der Waals surface area contributed by atoms with Crippen LogP contribution in [-0.4, -0.2) is 43.9 Å². The first-order chi connectivity index (χ1) is 10.6. The van der Waals surface area contributed by atoms with Crippen LogP contribution in [0.25, 0.3) is 0 Å². The Hall–Kier alpha value is -0.380. The lowest BCUT2D eigenvalue weighted by molar-refractivity contribution is 0.0711. The lowest BCUT2D eigenvalue weighted by atomic mass is 10.1. The van der Waals surface area contributed by atoms with Gasteiger partial charge in [0.05, 0.1) is 13.2 Å². The molecule has 1 rings (SSSR count). The monoisotopic (exact) mass is 455 g/mol. The third-order valence-electron chi connectivity index (χ3n) is 3.12. The molecule has 1 unspecified atom stereocenters. The lowest BCUT2D eigenvalue weighted by Crippen LogP contribution is -2.40. The largest absolute Gasteiger partial charge is 0.383 e. The van der Waals surface area contributed by atoms with Crippen LogP contribution in [0.4, 0.5) is 0 Å². The molecule has 23 heavy (non-hydrogen) atoms. The van der Waals surface area contributed by atoms with E-state index in [0.717, 1.165) is 30.9 Å². The van der Waals surface area contributed by atoms with Crippen molar-refractivity contribution in [3.05, 3.63) is 22.4 Å². The van der Waals surface area contributed by atoms with E-state index in [-0.39, 0.29) is 24.0 Å². The molecule has 3 N–H and O–H groups in total. The van der Waals surface area contributed by atoms with Gasteiger partial charge >= 0.3 is 0 Å². The number of aliphatic hydroxyl groups is 1. The van der Waals surface area contributed by atoms with Crippen molar-refractivity contribution in [1.82, 2.24) is 10.6 Å². The molecule has 0 amide bonds. The number of guanidine groups is 1. The van der Waals surface area contributed by atoms with E-state index in [1.807, 2.05) is 24.4 Å². The van der Waals surface area contributed by atoms with Crippen molar-refractivity contribution in [3.63, 3.8) is 0 Å². The molecule has 0 bridgehead atoms. The molecule has 1 aromatic heterocycles. The quantitative estimate of drug-likeness (QED) is 0.220. The molecule has 1 aromatic rings. The second-order valence-electron chi connectivity index (χ2n) is 5.34. The first-order valence-electron chi connectivity index (χ1n) is 7.96. The van der Waals surface area contributed by atoms with E-state index in [4.69, 9.17) is 4.74 Å². The van der Waals surface area contributed by atoms with Gasteiger partial charge in [-0.15, -0.1) is 35.3 Å². The maximum Gasteiger partial charge on any atom is 0.191 e. The summed E-state index contributed by atoms with van der Waals surface area (Å²) in [4.78, 5) is 5.40. The Morgan fingerprint density at radius 2 is 2.13 bits per heavy atom. The Morgan fingerprint density at radius 3 is 2.74 bits per heavy atom. The van der Waals surface area contributed by atoms with Gasteiger partial charge in [0.15, 0.2) is 5.96 Å². The normalized spacial score (nSPS) is 14.0. The Morgan fingerprint density at radius 1 is 1.35 bits per heavy atom. The highest BCUT2D eigenvalue weighted by atomic mass is 127. The topological polar surface area (TPSA) is 65.9 Å². The molecule has 1 atom stereocenters. The molecule has 0 saturated heterocycles. The highest BCUT2D eigenvalue weighted by Crippen LogP contribution is 2.25. The maximum atomic E-state index is 10.5. The SMILES string of the molecule is CCCCOCCNC(=NCC(C)(O)c1cccs1)NCC.I. The average Bonchev–Trinajstić information content (AvgIpc) is 3.03. The van der Waals surface area contributed by atoms with Gasteiger partial charge in [-0.25, -0.2) is 4.99 Å². The van der Waals surface area contributed by atoms with Crippen LogP contribution in [-0.2, 0) is 10.3 Å². The molecule has 5 nitrogen and oxygen atoms in total. The van der Waals surface area contributed by atoms with Crippen LogP contribution in [0.3, 0.4) is 0 Å². The Balaban J connectivity index is 0.00000484. The summed E-state index contributed by atoms with van der Waals surface area (Å²) >= 11 is 1.54. The van der Waals surface area contributed by atoms with Gasteiger partial charge in [-0.1, -0.05) is 19.4 Å². The third-order valence-corrected chi connectivity index (χ3v) is 4.25. The van der Waals surface area contributed by atoms with Gasteiger partial charge in [0.1, 0.15) is 5.60 Å². The molecular formula is C16H30IN3O2S. The van der Waals surface area contributed by atoms with Crippen LogP contribution < -0.4 is 10.6 Å². The first kappa shape index (κ1) is 22.6. The van der Waals surface area contributed by atoms with Gasteiger partial charge in [0, 0.05) is 24.6 Å². The van der Waals surface area contributed by atoms with Crippen molar-refractivity contribution in [1.29, 1.82) is 0 Å². The highest BCUT2D eigenvalue weighted by molar-refractivity contribution is 14.0. The Labute approximate surface area is 160 Å². The average molecular weight is 455 g/mol. The third kappa shape index (κ3) is 9.49. The van der Waals surface area contributed by atoms with Crippen molar-refractivity contribution in [2.24, 2.45) is 4.99 Å². The molecule has 0 aliphatic rings. The summed E-state index contributed by atoms with van der Waals surface area (Å²) in [7, 11) is 0. The molecule has 0 spiro atoms. The zero-order valence-corrected chi connectivity index (χ0v) is 17.4. The predicted octanol–water partition coefficient (Wildman–Crippen LogP) is 2.95. The van der Waals surface area contributed by atoms with Crippen LogP contribution in [0.2, 0.25) is 0 Å². The minimum atomic E-state index is -0.936. The second kappa shape index (κ2) is 13.0. The number of hydrogen-bond donors (Lipinski definition) is 3. The zero-order valence-electron chi connectivity index (χ0n) is 14.3. The maximum absolute atomic E-state index is 10.5. The van der Waals surface area contributed by atoms with Gasteiger partial charge in [-0.2, -0.15) is 0 Å². The Bertz CT molecular complexity index is 425. The van der Waals surface area contributed by atoms with Crippen molar-refractivity contribution in [3.8, 4) is 0 Å². The van der Waals surface area contributed by atoms with Gasteiger partial charge in [-0.05, 0) is 31.7 Å². The molecule has 0 radical (unpaired) electrons. The van der Waals surface area contributed by atoms with Gasteiger partial charge in [0.25, 0.3) is 0 Å². The van der Waals surface area contributed by atoms with Crippen LogP contribution in [0, 0.1) is 0 Å². The number of nitrogens with one attached hydrogen (secondary N) is 2.